The largest absolute Gasteiger partial charge is 0.385 e. The molecule has 1 aliphatic rings. The monoisotopic (exact) mass is 318 g/mol. The van der Waals surface area contributed by atoms with Crippen LogP contribution in [-0.4, -0.2) is 36.0 Å². The second kappa shape index (κ2) is 6.18. The molecule has 2 rings (SSSR count). The van der Waals surface area contributed by atoms with Crippen LogP contribution in [0.2, 0.25) is 10.0 Å². The van der Waals surface area contributed by atoms with E-state index in [0.29, 0.717) is 28.8 Å². The minimum Gasteiger partial charge on any atom is -0.385 e. The molecule has 1 aromatic rings. The summed E-state index contributed by atoms with van der Waals surface area (Å²) in [4.78, 5) is 11.8. The molecule has 3 N–H and O–H groups in total. The van der Waals surface area contributed by atoms with Gasteiger partial charge in [0.15, 0.2) is 0 Å². The molecule has 0 spiro atoms. The zero-order valence-electron chi connectivity index (χ0n) is 11.0. The van der Waals surface area contributed by atoms with Gasteiger partial charge in [0.1, 0.15) is 5.60 Å². The highest BCUT2D eigenvalue weighted by Gasteiger charge is 2.39. The maximum absolute atomic E-state index is 11.8. The minimum atomic E-state index is -1.03. The molecule has 1 heterocycles. The lowest BCUT2D eigenvalue weighted by molar-refractivity contribution is -0.0241. The first-order valence-corrected chi connectivity index (χ1v) is 7.00. The summed E-state index contributed by atoms with van der Waals surface area (Å²) in [5.74, 6) is 0. The Morgan fingerprint density at radius 1 is 1.55 bits per heavy atom. The highest BCUT2D eigenvalue weighted by atomic mass is 35.5. The fourth-order valence-electron chi connectivity index (χ4n) is 2.00. The Labute approximate surface area is 127 Å². The molecular weight excluding hydrogens is 303 g/mol. The zero-order chi connectivity index (χ0) is 14.8. The summed E-state index contributed by atoms with van der Waals surface area (Å²) in [5.41, 5.74) is -0.616. The summed E-state index contributed by atoms with van der Waals surface area (Å²) in [6, 6.07) is 4.33. The van der Waals surface area contributed by atoms with Crippen LogP contribution < -0.4 is 10.6 Å². The molecule has 1 fully saturated rings. The molecule has 5 nitrogen and oxygen atoms in total. The predicted octanol–water partition coefficient (Wildman–Crippen LogP) is 2.65. The van der Waals surface area contributed by atoms with Gasteiger partial charge in [0.05, 0.1) is 23.4 Å². The number of aliphatic hydroxyl groups is 1. The SMILES string of the molecule is CC1OCCC1(O)CNC(=O)Nc1cc(Cl)ccc1Cl. The maximum Gasteiger partial charge on any atom is 0.319 e. The van der Waals surface area contributed by atoms with E-state index in [1.165, 1.54) is 0 Å². The van der Waals surface area contributed by atoms with Gasteiger partial charge in [-0.25, -0.2) is 4.79 Å². The van der Waals surface area contributed by atoms with Gasteiger partial charge in [0, 0.05) is 18.1 Å². The number of rotatable bonds is 3. The summed E-state index contributed by atoms with van der Waals surface area (Å²) in [5, 5.41) is 16.3. The summed E-state index contributed by atoms with van der Waals surface area (Å²) < 4.78 is 5.29. The Bertz CT molecular complexity index is 512. The summed E-state index contributed by atoms with van der Waals surface area (Å²) in [6.07, 6.45) is 0.185. The molecule has 0 aliphatic carbocycles. The Balaban J connectivity index is 1.91. The van der Waals surface area contributed by atoms with Crippen LogP contribution in [0.3, 0.4) is 0 Å². The highest BCUT2D eigenvalue weighted by Crippen LogP contribution is 2.26. The van der Waals surface area contributed by atoms with Gasteiger partial charge >= 0.3 is 6.03 Å². The Morgan fingerprint density at radius 3 is 2.95 bits per heavy atom. The van der Waals surface area contributed by atoms with E-state index >= 15 is 0 Å². The molecule has 20 heavy (non-hydrogen) atoms. The van der Waals surface area contributed by atoms with Crippen molar-refractivity contribution in [3.8, 4) is 0 Å². The van der Waals surface area contributed by atoms with E-state index in [1.54, 1.807) is 25.1 Å². The molecule has 0 radical (unpaired) electrons. The number of carbonyl (C=O) groups is 1. The second-order valence-electron chi connectivity index (χ2n) is 4.80. The van der Waals surface area contributed by atoms with Crippen molar-refractivity contribution < 1.29 is 14.6 Å². The minimum absolute atomic E-state index is 0.109. The van der Waals surface area contributed by atoms with Crippen LogP contribution in [0.15, 0.2) is 18.2 Å². The van der Waals surface area contributed by atoms with E-state index in [-0.39, 0.29) is 12.6 Å². The zero-order valence-corrected chi connectivity index (χ0v) is 12.5. The van der Waals surface area contributed by atoms with Crippen molar-refractivity contribution in [2.75, 3.05) is 18.5 Å². The standard InChI is InChI=1S/C13H16Cl2N2O3/c1-8-13(19,4-5-20-8)7-16-12(18)17-11-6-9(14)2-3-10(11)15/h2-3,6,8,19H,4-5,7H2,1H3,(H2,16,17,18). The third-order valence-corrected chi connectivity index (χ3v) is 3.96. The molecule has 2 unspecified atom stereocenters. The molecule has 0 bridgehead atoms. The Hall–Kier alpha value is -1.01. The van der Waals surface area contributed by atoms with Crippen molar-refractivity contribution in [2.45, 2.75) is 25.0 Å². The molecule has 7 heteroatoms. The second-order valence-corrected chi connectivity index (χ2v) is 5.64. The first-order valence-electron chi connectivity index (χ1n) is 6.24. The van der Waals surface area contributed by atoms with E-state index in [2.05, 4.69) is 10.6 Å². The van der Waals surface area contributed by atoms with Crippen LogP contribution in [0.5, 0.6) is 0 Å². The fraction of sp³-hybridized carbons (Fsp3) is 0.462. The topological polar surface area (TPSA) is 70.6 Å². The van der Waals surface area contributed by atoms with Gasteiger partial charge in [-0.15, -0.1) is 0 Å². The normalized spacial score (nSPS) is 25.5. The van der Waals surface area contributed by atoms with E-state index in [9.17, 15) is 9.90 Å². The van der Waals surface area contributed by atoms with Gasteiger partial charge in [-0.05, 0) is 25.1 Å². The number of benzene rings is 1. The lowest BCUT2D eigenvalue weighted by atomic mass is 9.97. The van der Waals surface area contributed by atoms with E-state index in [0.717, 1.165) is 0 Å². The number of hydrogen-bond acceptors (Lipinski definition) is 3. The van der Waals surface area contributed by atoms with Gasteiger partial charge < -0.3 is 20.5 Å². The molecule has 2 atom stereocenters. The van der Waals surface area contributed by atoms with Gasteiger partial charge in [0.25, 0.3) is 0 Å². The van der Waals surface area contributed by atoms with E-state index < -0.39 is 11.6 Å². The molecule has 1 aliphatic heterocycles. The number of nitrogens with one attached hydrogen (secondary N) is 2. The maximum atomic E-state index is 11.8. The van der Waals surface area contributed by atoms with Gasteiger partial charge in [0.2, 0.25) is 0 Å². The third kappa shape index (κ3) is 3.55. The van der Waals surface area contributed by atoms with Crippen molar-refractivity contribution in [2.24, 2.45) is 0 Å². The first-order chi connectivity index (χ1) is 9.40. The molecule has 110 valence electrons. The van der Waals surface area contributed by atoms with Crippen molar-refractivity contribution in [3.63, 3.8) is 0 Å². The number of hydrogen-bond donors (Lipinski definition) is 3. The molecule has 1 aromatic carbocycles. The quantitative estimate of drug-likeness (QED) is 0.802. The number of anilines is 1. The first kappa shape index (κ1) is 15.4. The highest BCUT2D eigenvalue weighted by molar-refractivity contribution is 6.35. The summed E-state index contributed by atoms with van der Waals surface area (Å²) >= 11 is 11.8. The molecule has 1 saturated heterocycles. The average Bonchev–Trinajstić information content (AvgIpc) is 2.72. The predicted molar refractivity (Wildman–Crippen MR) is 78.5 cm³/mol. The molecule has 0 saturated carbocycles. The summed E-state index contributed by atoms with van der Waals surface area (Å²) in [6.45, 7) is 2.37. The van der Waals surface area contributed by atoms with Crippen LogP contribution in [0.1, 0.15) is 13.3 Å². The van der Waals surface area contributed by atoms with Crippen LogP contribution in [0.4, 0.5) is 10.5 Å². The average molecular weight is 319 g/mol. The number of amides is 2. The molecule has 0 aromatic heterocycles. The van der Waals surface area contributed by atoms with Crippen molar-refractivity contribution in [1.29, 1.82) is 0 Å². The number of halogens is 2. The van der Waals surface area contributed by atoms with Crippen LogP contribution >= 0.6 is 23.2 Å². The van der Waals surface area contributed by atoms with Gasteiger partial charge in [-0.3, -0.25) is 0 Å². The van der Waals surface area contributed by atoms with Crippen molar-refractivity contribution >= 4 is 34.9 Å². The number of carbonyl (C=O) groups excluding carboxylic acids is 1. The smallest absolute Gasteiger partial charge is 0.319 e. The number of urea groups is 1. The lowest BCUT2D eigenvalue weighted by Crippen LogP contribution is -2.48. The Kier molecular flexibility index (Phi) is 4.75. The fourth-order valence-corrected chi connectivity index (χ4v) is 2.33. The lowest BCUT2D eigenvalue weighted by Gasteiger charge is -2.26. The van der Waals surface area contributed by atoms with Gasteiger partial charge in [-0.2, -0.15) is 0 Å². The van der Waals surface area contributed by atoms with Crippen LogP contribution in [0.25, 0.3) is 0 Å². The molecule has 2 amide bonds. The van der Waals surface area contributed by atoms with Crippen LogP contribution in [0, 0.1) is 0 Å². The number of ether oxygens (including phenoxy) is 1. The molecular formula is C13H16Cl2N2O3. The van der Waals surface area contributed by atoms with Gasteiger partial charge in [-0.1, -0.05) is 23.2 Å². The van der Waals surface area contributed by atoms with Crippen molar-refractivity contribution in [1.82, 2.24) is 5.32 Å². The third-order valence-electron chi connectivity index (χ3n) is 3.39. The Morgan fingerprint density at radius 2 is 2.30 bits per heavy atom. The van der Waals surface area contributed by atoms with E-state index in [4.69, 9.17) is 27.9 Å². The van der Waals surface area contributed by atoms with E-state index in [1.807, 2.05) is 0 Å². The van der Waals surface area contributed by atoms with Crippen molar-refractivity contribution in [3.05, 3.63) is 28.2 Å². The summed E-state index contributed by atoms with van der Waals surface area (Å²) in [7, 11) is 0. The van der Waals surface area contributed by atoms with Crippen LogP contribution in [-0.2, 0) is 4.74 Å².